The second-order valence-corrected chi connectivity index (χ2v) is 5.74. The summed E-state index contributed by atoms with van der Waals surface area (Å²) in [6.07, 6.45) is 1.09. The molecule has 0 atom stereocenters. The molecule has 1 aromatic heterocycles. The molecule has 0 fully saturated rings. The summed E-state index contributed by atoms with van der Waals surface area (Å²) in [7, 11) is -1.75. The second kappa shape index (κ2) is 3.56. The van der Waals surface area contributed by atoms with Crippen LogP contribution in [0, 0.1) is 0 Å². The van der Waals surface area contributed by atoms with Crippen molar-refractivity contribution in [2.75, 3.05) is 6.26 Å². The summed E-state index contributed by atoms with van der Waals surface area (Å²) in [6.45, 7) is 0. The molecule has 2 rings (SSSR count). The summed E-state index contributed by atoms with van der Waals surface area (Å²) in [5.74, 6) is -1.27. The number of hydrogen-bond acceptors (Lipinski definition) is 4. The van der Waals surface area contributed by atoms with Gasteiger partial charge in [-0.05, 0) is 18.2 Å². The Labute approximate surface area is 97.4 Å². The maximum atomic E-state index is 11.4. The fourth-order valence-corrected chi connectivity index (χ4v) is 2.24. The van der Waals surface area contributed by atoms with Gasteiger partial charge in [-0.25, -0.2) is 18.2 Å². The summed E-state index contributed by atoms with van der Waals surface area (Å²) in [5, 5.41) is 8.89. The molecule has 1 heterocycles. The highest BCUT2D eigenvalue weighted by molar-refractivity contribution is 7.90. The van der Waals surface area contributed by atoms with E-state index in [2.05, 4.69) is 4.98 Å². The fourth-order valence-electron chi connectivity index (χ4n) is 1.60. The first-order valence-corrected chi connectivity index (χ1v) is 6.59. The van der Waals surface area contributed by atoms with Gasteiger partial charge in [-0.3, -0.25) is 0 Å². The van der Waals surface area contributed by atoms with Gasteiger partial charge in [-0.2, -0.15) is 0 Å². The Morgan fingerprint density at radius 1 is 1.41 bits per heavy atom. The van der Waals surface area contributed by atoms with Gasteiger partial charge in [0.15, 0.2) is 9.84 Å². The van der Waals surface area contributed by atoms with Crippen LogP contribution in [0.25, 0.3) is 11.0 Å². The first-order valence-electron chi connectivity index (χ1n) is 4.70. The van der Waals surface area contributed by atoms with Gasteiger partial charge in [0.1, 0.15) is 0 Å². The van der Waals surface area contributed by atoms with E-state index in [1.54, 1.807) is 13.1 Å². The van der Waals surface area contributed by atoms with Crippen LogP contribution in [0.5, 0.6) is 0 Å². The minimum atomic E-state index is -3.31. The van der Waals surface area contributed by atoms with Crippen molar-refractivity contribution >= 4 is 26.8 Å². The molecule has 0 aliphatic rings. The molecule has 0 saturated carbocycles. The van der Waals surface area contributed by atoms with Crippen LogP contribution in [0.3, 0.4) is 0 Å². The molecular formula is C10H10N2O4S. The summed E-state index contributed by atoms with van der Waals surface area (Å²) in [6, 6.07) is 4.35. The zero-order chi connectivity index (χ0) is 12.8. The zero-order valence-electron chi connectivity index (χ0n) is 9.21. The van der Waals surface area contributed by atoms with E-state index in [-0.39, 0.29) is 10.7 Å². The maximum Gasteiger partial charge on any atom is 0.372 e. The minimum Gasteiger partial charge on any atom is -0.475 e. The molecule has 0 bridgehead atoms. The van der Waals surface area contributed by atoms with Crippen molar-refractivity contribution in [3.05, 3.63) is 24.0 Å². The number of carboxylic acid groups (broad SMARTS) is 1. The summed E-state index contributed by atoms with van der Waals surface area (Å²) in [4.78, 5) is 14.9. The molecule has 0 radical (unpaired) electrons. The molecule has 0 spiro atoms. The lowest BCUT2D eigenvalue weighted by molar-refractivity contribution is 0.0680. The largest absolute Gasteiger partial charge is 0.475 e. The van der Waals surface area contributed by atoms with Gasteiger partial charge in [-0.1, -0.05) is 0 Å². The monoisotopic (exact) mass is 254 g/mol. The van der Waals surface area contributed by atoms with Crippen molar-refractivity contribution in [3.8, 4) is 0 Å². The number of carboxylic acids is 1. The molecule has 90 valence electrons. The Morgan fingerprint density at radius 3 is 2.59 bits per heavy atom. The number of fused-ring (bicyclic) bond motifs is 1. The number of imidazole rings is 1. The van der Waals surface area contributed by atoms with Gasteiger partial charge >= 0.3 is 5.97 Å². The Balaban J connectivity index is 2.77. The Morgan fingerprint density at radius 2 is 2.06 bits per heavy atom. The van der Waals surface area contributed by atoms with Crippen LogP contribution >= 0.6 is 0 Å². The van der Waals surface area contributed by atoms with E-state index in [9.17, 15) is 13.2 Å². The van der Waals surface area contributed by atoms with Gasteiger partial charge in [0.2, 0.25) is 5.82 Å². The first kappa shape index (κ1) is 11.6. The van der Waals surface area contributed by atoms with Crippen molar-refractivity contribution in [2.45, 2.75) is 4.90 Å². The third-order valence-electron chi connectivity index (χ3n) is 2.47. The third-order valence-corrected chi connectivity index (χ3v) is 3.58. The first-order chi connectivity index (χ1) is 7.80. The van der Waals surface area contributed by atoms with E-state index in [1.165, 1.54) is 16.7 Å². The van der Waals surface area contributed by atoms with Crippen molar-refractivity contribution in [2.24, 2.45) is 7.05 Å². The summed E-state index contributed by atoms with van der Waals surface area (Å²) < 4.78 is 24.1. The topological polar surface area (TPSA) is 89.3 Å². The lowest BCUT2D eigenvalue weighted by atomic mass is 10.3. The van der Waals surface area contributed by atoms with Gasteiger partial charge in [0.25, 0.3) is 0 Å². The Bertz CT molecular complexity index is 715. The normalized spacial score (nSPS) is 11.9. The van der Waals surface area contributed by atoms with E-state index in [0.29, 0.717) is 11.0 Å². The van der Waals surface area contributed by atoms with Crippen molar-refractivity contribution in [3.63, 3.8) is 0 Å². The average Bonchev–Trinajstić information content (AvgIpc) is 2.54. The van der Waals surface area contributed by atoms with Crippen LogP contribution in [0.4, 0.5) is 0 Å². The van der Waals surface area contributed by atoms with Gasteiger partial charge < -0.3 is 9.67 Å². The van der Waals surface area contributed by atoms with E-state index in [1.807, 2.05) is 0 Å². The van der Waals surface area contributed by atoms with E-state index < -0.39 is 15.8 Å². The standard InChI is InChI=1S/C10H10N2O4S/c1-12-8-4-3-6(17(2,15)16)5-7(8)11-9(12)10(13)14/h3-5H,1-2H3,(H,13,14). The van der Waals surface area contributed by atoms with Crippen LogP contribution in [0.1, 0.15) is 10.6 Å². The Hall–Kier alpha value is -1.89. The highest BCUT2D eigenvalue weighted by Crippen LogP contribution is 2.19. The SMILES string of the molecule is Cn1c(C(=O)O)nc2cc(S(C)(=O)=O)ccc21. The van der Waals surface area contributed by atoms with Crippen molar-refractivity contribution < 1.29 is 18.3 Å². The molecule has 1 N–H and O–H groups in total. The molecule has 0 aliphatic carbocycles. The number of aromatic carboxylic acids is 1. The van der Waals surface area contributed by atoms with E-state index in [0.717, 1.165) is 6.26 Å². The van der Waals surface area contributed by atoms with Crippen LogP contribution in [-0.4, -0.2) is 35.3 Å². The minimum absolute atomic E-state index is 0.120. The quantitative estimate of drug-likeness (QED) is 0.851. The molecular weight excluding hydrogens is 244 g/mol. The fraction of sp³-hybridized carbons (Fsp3) is 0.200. The molecule has 17 heavy (non-hydrogen) atoms. The molecule has 0 saturated heterocycles. The highest BCUT2D eigenvalue weighted by atomic mass is 32.2. The highest BCUT2D eigenvalue weighted by Gasteiger charge is 2.16. The predicted molar refractivity (Wildman–Crippen MR) is 60.8 cm³/mol. The number of benzene rings is 1. The number of aromatic nitrogens is 2. The maximum absolute atomic E-state index is 11.4. The molecule has 1 aromatic carbocycles. The molecule has 7 heteroatoms. The van der Waals surface area contributed by atoms with Gasteiger partial charge in [0, 0.05) is 13.3 Å². The van der Waals surface area contributed by atoms with Crippen LogP contribution in [0.2, 0.25) is 0 Å². The molecule has 6 nitrogen and oxygen atoms in total. The number of hydrogen-bond donors (Lipinski definition) is 1. The number of carbonyl (C=O) groups is 1. The average molecular weight is 254 g/mol. The van der Waals surface area contributed by atoms with Crippen LogP contribution in [0.15, 0.2) is 23.1 Å². The number of aryl methyl sites for hydroxylation is 1. The third kappa shape index (κ3) is 1.89. The number of sulfone groups is 1. The molecule has 0 aliphatic heterocycles. The van der Waals surface area contributed by atoms with Gasteiger partial charge in [-0.15, -0.1) is 0 Å². The number of rotatable bonds is 2. The Kier molecular flexibility index (Phi) is 2.43. The van der Waals surface area contributed by atoms with E-state index >= 15 is 0 Å². The van der Waals surface area contributed by atoms with Gasteiger partial charge in [0.05, 0.1) is 15.9 Å². The zero-order valence-corrected chi connectivity index (χ0v) is 10.0. The van der Waals surface area contributed by atoms with E-state index in [4.69, 9.17) is 5.11 Å². The molecule has 0 unspecified atom stereocenters. The lowest BCUT2D eigenvalue weighted by Gasteiger charge is -1.99. The predicted octanol–water partition coefficient (Wildman–Crippen LogP) is 0.675. The summed E-state index contributed by atoms with van der Waals surface area (Å²) >= 11 is 0. The molecule has 0 amide bonds. The lowest BCUT2D eigenvalue weighted by Crippen LogP contribution is -2.05. The summed E-state index contributed by atoms with van der Waals surface area (Å²) in [5.41, 5.74) is 0.933. The van der Waals surface area contributed by atoms with Crippen molar-refractivity contribution in [1.82, 2.24) is 9.55 Å². The smallest absolute Gasteiger partial charge is 0.372 e. The van der Waals surface area contributed by atoms with Crippen LogP contribution < -0.4 is 0 Å². The second-order valence-electron chi connectivity index (χ2n) is 3.72. The number of nitrogens with zero attached hydrogens (tertiary/aromatic N) is 2. The van der Waals surface area contributed by atoms with Crippen molar-refractivity contribution in [1.29, 1.82) is 0 Å². The van der Waals surface area contributed by atoms with Crippen LogP contribution in [-0.2, 0) is 16.9 Å². The molecule has 2 aromatic rings.